The summed E-state index contributed by atoms with van der Waals surface area (Å²) in [6, 6.07) is -0.0400. The van der Waals surface area contributed by atoms with Crippen LogP contribution in [0.1, 0.15) is 39.0 Å². The molecule has 0 saturated carbocycles. The minimum Gasteiger partial charge on any atom is -0.458 e. The Morgan fingerprint density at radius 2 is 2.42 bits per heavy atom. The van der Waals surface area contributed by atoms with Gasteiger partial charge in [-0.25, -0.2) is 4.98 Å². The number of imidazole rings is 1. The van der Waals surface area contributed by atoms with Gasteiger partial charge in [0.15, 0.2) is 5.66 Å². The molecule has 3 unspecified atom stereocenters. The van der Waals surface area contributed by atoms with Crippen LogP contribution in [-0.4, -0.2) is 32.7 Å². The average Bonchev–Trinajstić information content (AvgIpc) is 3.06. The predicted octanol–water partition coefficient (Wildman–Crippen LogP) is 1.46. The molecule has 1 aromatic rings. The van der Waals surface area contributed by atoms with Gasteiger partial charge in [0, 0.05) is 31.3 Å². The molecular formula is C13H18N3O3. The van der Waals surface area contributed by atoms with Crippen LogP contribution in [-0.2, 0) is 20.4 Å². The van der Waals surface area contributed by atoms with E-state index in [0.717, 1.165) is 17.9 Å². The SMILES string of the molecule is CCCC(=O)OC1CC2CCC1(n1ccnc1)N2[O]. The topological polar surface area (TPSA) is 67.3 Å². The van der Waals surface area contributed by atoms with E-state index in [1.165, 1.54) is 0 Å². The number of esters is 1. The average molecular weight is 264 g/mol. The fourth-order valence-corrected chi connectivity index (χ4v) is 3.34. The predicted molar refractivity (Wildman–Crippen MR) is 65.2 cm³/mol. The first-order valence-corrected chi connectivity index (χ1v) is 6.83. The quantitative estimate of drug-likeness (QED) is 0.772. The maximum absolute atomic E-state index is 12.4. The Hall–Kier alpha value is -1.40. The van der Waals surface area contributed by atoms with Crippen LogP contribution in [0.2, 0.25) is 0 Å². The van der Waals surface area contributed by atoms with E-state index in [4.69, 9.17) is 4.74 Å². The molecule has 2 aliphatic heterocycles. The van der Waals surface area contributed by atoms with Crippen molar-refractivity contribution in [2.75, 3.05) is 0 Å². The number of hydrogen-bond acceptors (Lipinski definition) is 4. The lowest BCUT2D eigenvalue weighted by atomic mass is 9.91. The number of carbonyl (C=O) groups excluding carboxylic acids is 1. The van der Waals surface area contributed by atoms with E-state index in [1.54, 1.807) is 23.3 Å². The van der Waals surface area contributed by atoms with Gasteiger partial charge in [0.1, 0.15) is 6.10 Å². The fraction of sp³-hybridized carbons (Fsp3) is 0.692. The van der Waals surface area contributed by atoms with E-state index >= 15 is 0 Å². The van der Waals surface area contributed by atoms with E-state index in [9.17, 15) is 10.0 Å². The van der Waals surface area contributed by atoms with Crippen LogP contribution in [0.15, 0.2) is 18.7 Å². The molecular weight excluding hydrogens is 246 g/mol. The van der Waals surface area contributed by atoms with Crippen LogP contribution in [0.5, 0.6) is 0 Å². The van der Waals surface area contributed by atoms with Crippen molar-refractivity contribution in [1.82, 2.24) is 14.6 Å². The fourth-order valence-electron chi connectivity index (χ4n) is 3.34. The molecule has 2 saturated heterocycles. The maximum atomic E-state index is 12.4. The first-order chi connectivity index (χ1) is 9.18. The summed E-state index contributed by atoms with van der Waals surface area (Å²) in [5.74, 6) is -0.215. The van der Waals surface area contributed by atoms with E-state index in [2.05, 4.69) is 4.98 Å². The molecule has 1 aromatic heterocycles. The van der Waals surface area contributed by atoms with Gasteiger partial charge in [0.2, 0.25) is 0 Å². The van der Waals surface area contributed by atoms with Crippen molar-refractivity contribution in [3.05, 3.63) is 18.7 Å². The normalized spacial score (nSPS) is 33.8. The molecule has 2 fully saturated rings. The summed E-state index contributed by atoms with van der Waals surface area (Å²) in [5, 5.41) is 13.5. The highest BCUT2D eigenvalue weighted by Gasteiger charge is 2.62. The summed E-state index contributed by atoms with van der Waals surface area (Å²) in [4.78, 5) is 15.7. The van der Waals surface area contributed by atoms with Crippen LogP contribution in [0, 0.1) is 0 Å². The Morgan fingerprint density at radius 3 is 3.05 bits per heavy atom. The molecule has 19 heavy (non-hydrogen) atoms. The smallest absolute Gasteiger partial charge is 0.306 e. The van der Waals surface area contributed by atoms with Crippen LogP contribution in [0.25, 0.3) is 0 Å². The van der Waals surface area contributed by atoms with Crippen molar-refractivity contribution in [2.45, 2.75) is 56.8 Å². The van der Waals surface area contributed by atoms with Gasteiger partial charge in [-0.3, -0.25) is 4.79 Å². The van der Waals surface area contributed by atoms with Crippen molar-refractivity contribution < 1.29 is 14.7 Å². The lowest BCUT2D eigenvalue weighted by Crippen LogP contribution is -2.49. The van der Waals surface area contributed by atoms with Crippen molar-refractivity contribution in [2.24, 2.45) is 0 Å². The number of hydrogen-bond donors (Lipinski definition) is 0. The summed E-state index contributed by atoms with van der Waals surface area (Å²) in [7, 11) is 0. The largest absolute Gasteiger partial charge is 0.458 e. The zero-order valence-electron chi connectivity index (χ0n) is 11.0. The molecule has 0 aliphatic carbocycles. The molecule has 2 bridgehead atoms. The summed E-state index contributed by atoms with van der Waals surface area (Å²) in [6.45, 7) is 1.94. The van der Waals surface area contributed by atoms with Crippen molar-refractivity contribution in [3.63, 3.8) is 0 Å². The van der Waals surface area contributed by atoms with E-state index in [-0.39, 0.29) is 18.1 Å². The van der Waals surface area contributed by atoms with Gasteiger partial charge in [-0.2, -0.15) is 0 Å². The monoisotopic (exact) mass is 264 g/mol. The summed E-state index contributed by atoms with van der Waals surface area (Å²) < 4.78 is 7.36. The zero-order valence-corrected chi connectivity index (χ0v) is 11.0. The van der Waals surface area contributed by atoms with Crippen molar-refractivity contribution in [1.29, 1.82) is 0 Å². The Labute approximate surface area is 111 Å². The number of carbonyl (C=O) groups is 1. The maximum Gasteiger partial charge on any atom is 0.306 e. The number of fused-ring (bicyclic) bond motifs is 2. The summed E-state index contributed by atoms with van der Waals surface area (Å²) in [6.07, 6.45) is 8.05. The van der Waals surface area contributed by atoms with Crippen LogP contribution >= 0.6 is 0 Å². The number of nitrogens with zero attached hydrogens (tertiary/aromatic N) is 3. The van der Waals surface area contributed by atoms with E-state index < -0.39 is 5.66 Å². The molecule has 3 atom stereocenters. The van der Waals surface area contributed by atoms with Gasteiger partial charge in [-0.05, 0) is 19.3 Å². The molecule has 1 radical (unpaired) electrons. The third kappa shape index (κ3) is 1.78. The van der Waals surface area contributed by atoms with Gasteiger partial charge in [0.05, 0.1) is 6.33 Å². The summed E-state index contributed by atoms with van der Waals surface area (Å²) in [5.41, 5.74) is -0.773. The Bertz CT molecular complexity index is 462. The van der Waals surface area contributed by atoms with Crippen LogP contribution in [0.4, 0.5) is 0 Å². The highest BCUT2D eigenvalue weighted by Crippen LogP contribution is 2.50. The molecule has 0 amide bonds. The standard InChI is InChI=1S/C13H18N3O3/c1-2-3-12(17)19-11-8-10-4-5-13(11,16(10)18)15-7-6-14-9-15/h6-7,9-11H,2-5,8H2,1H3. The molecule has 0 aromatic carbocycles. The second kappa shape index (κ2) is 4.61. The minimum atomic E-state index is -0.773. The summed E-state index contributed by atoms with van der Waals surface area (Å²) >= 11 is 0. The van der Waals surface area contributed by atoms with E-state index in [1.807, 2.05) is 6.92 Å². The Balaban J connectivity index is 1.87. The van der Waals surface area contributed by atoms with Gasteiger partial charge < -0.3 is 9.30 Å². The lowest BCUT2D eigenvalue weighted by molar-refractivity contribution is -0.249. The number of ether oxygens (including phenoxy) is 1. The molecule has 0 spiro atoms. The Morgan fingerprint density at radius 1 is 1.58 bits per heavy atom. The first kappa shape index (κ1) is 12.6. The second-order valence-corrected chi connectivity index (χ2v) is 5.33. The highest BCUT2D eigenvalue weighted by atomic mass is 16.6. The van der Waals surface area contributed by atoms with Crippen molar-refractivity contribution in [3.8, 4) is 0 Å². The second-order valence-electron chi connectivity index (χ2n) is 5.33. The molecule has 103 valence electrons. The third-order valence-electron chi connectivity index (χ3n) is 4.24. The Kier molecular flexibility index (Phi) is 3.06. The third-order valence-corrected chi connectivity index (χ3v) is 4.24. The van der Waals surface area contributed by atoms with Gasteiger partial charge in [-0.15, -0.1) is 10.3 Å². The molecule has 6 nitrogen and oxygen atoms in total. The van der Waals surface area contributed by atoms with Crippen LogP contribution in [0.3, 0.4) is 0 Å². The lowest BCUT2D eigenvalue weighted by Gasteiger charge is -2.36. The molecule has 3 rings (SSSR count). The molecule has 3 heterocycles. The first-order valence-electron chi connectivity index (χ1n) is 6.83. The molecule has 2 aliphatic rings. The molecule has 0 N–H and O–H groups in total. The number of hydroxylamine groups is 2. The van der Waals surface area contributed by atoms with Crippen LogP contribution < -0.4 is 0 Å². The zero-order chi connectivity index (χ0) is 13.5. The minimum absolute atomic E-state index is 0.0400. The van der Waals surface area contributed by atoms with Gasteiger partial charge in [0.25, 0.3) is 0 Å². The van der Waals surface area contributed by atoms with E-state index in [0.29, 0.717) is 19.3 Å². The van der Waals surface area contributed by atoms with Gasteiger partial charge >= 0.3 is 5.97 Å². The number of aromatic nitrogens is 2. The highest BCUT2D eigenvalue weighted by molar-refractivity contribution is 5.69. The van der Waals surface area contributed by atoms with Gasteiger partial charge in [-0.1, -0.05) is 6.92 Å². The van der Waals surface area contributed by atoms with Crippen molar-refractivity contribution >= 4 is 5.97 Å². The molecule has 6 heteroatoms. The number of rotatable bonds is 4.